The van der Waals surface area contributed by atoms with Crippen LogP contribution in [0.25, 0.3) is 11.3 Å². The van der Waals surface area contributed by atoms with Crippen LogP contribution in [0.5, 0.6) is 11.5 Å². The van der Waals surface area contributed by atoms with Crippen molar-refractivity contribution in [3.8, 4) is 22.8 Å². The quantitative estimate of drug-likeness (QED) is 0.486. The monoisotopic (exact) mass is 553 g/mol. The average Bonchev–Trinajstić information content (AvgIpc) is 2.96. The molecule has 212 valence electrons. The van der Waals surface area contributed by atoms with Crippen molar-refractivity contribution in [1.82, 2.24) is 20.2 Å². The fourth-order valence-electron chi connectivity index (χ4n) is 4.60. The first kappa shape index (κ1) is 27.7. The summed E-state index contributed by atoms with van der Waals surface area (Å²) in [6, 6.07) is 9.27. The predicted octanol–water partition coefficient (Wildman–Crippen LogP) is 4.56. The van der Waals surface area contributed by atoms with Crippen LogP contribution in [0.2, 0.25) is 0 Å². The molecule has 2 aromatic carbocycles. The van der Waals surface area contributed by atoms with Gasteiger partial charge < -0.3 is 24.8 Å². The van der Waals surface area contributed by atoms with Crippen LogP contribution in [-0.4, -0.2) is 73.4 Å². The smallest absolute Gasteiger partial charge is 0.255 e. The van der Waals surface area contributed by atoms with E-state index in [1.54, 1.807) is 18.2 Å². The zero-order valence-corrected chi connectivity index (χ0v) is 22.3. The summed E-state index contributed by atoms with van der Waals surface area (Å²) in [5, 5.41) is 6.05. The number of fused-ring (bicyclic) bond motifs is 7. The van der Waals surface area contributed by atoms with Crippen LogP contribution >= 0.6 is 0 Å². The van der Waals surface area contributed by atoms with E-state index in [2.05, 4.69) is 25.5 Å². The zero-order chi connectivity index (χ0) is 27.7. The van der Waals surface area contributed by atoms with Gasteiger partial charge in [-0.2, -0.15) is 0 Å². The average molecular weight is 554 g/mol. The number of ether oxygens (including phenoxy) is 3. The van der Waals surface area contributed by atoms with Gasteiger partial charge in [0, 0.05) is 43.5 Å². The minimum Gasteiger partial charge on any atom is -0.493 e. The first-order valence-electron chi connectivity index (χ1n) is 13.6. The first-order chi connectivity index (χ1) is 19.6. The van der Waals surface area contributed by atoms with Gasteiger partial charge in [0.25, 0.3) is 5.91 Å². The highest BCUT2D eigenvalue weighted by atomic mass is 19.1. The number of carbonyl (C=O) groups is 1. The van der Waals surface area contributed by atoms with Gasteiger partial charge in [-0.05, 0) is 56.0 Å². The van der Waals surface area contributed by atoms with E-state index in [9.17, 15) is 13.6 Å². The summed E-state index contributed by atoms with van der Waals surface area (Å²) in [6.45, 7) is 5.13. The fraction of sp³-hybridized carbons (Fsp3) is 0.414. The topological polar surface area (TPSA) is 97.8 Å². The van der Waals surface area contributed by atoms with Crippen molar-refractivity contribution in [2.45, 2.75) is 25.7 Å². The lowest BCUT2D eigenvalue weighted by atomic mass is 10.1. The van der Waals surface area contributed by atoms with Crippen LogP contribution in [0.4, 0.5) is 20.4 Å². The number of hydrogen-bond donors (Lipinski definition) is 2. The van der Waals surface area contributed by atoms with Gasteiger partial charge in [0.15, 0.2) is 17.4 Å². The number of carbonyl (C=O) groups excluding carboxylic acids is 1. The number of anilines is 2. The number of rotatable bonds is 4. The number of amides is 1. The molecule has 3 aromatic rings. The van der Waals surface area contributed by atoms with Gasteiger partial charge in [-0.15, -0.1) is 0 Å². The highest BCUT2D eigenvalue weighted by Crippen LogP contribution is 2.30. The Balaban J connectivity index is 1.37. The second-order valence-electron chi connectivity index (χ2n) is 9.69. The molecule has 0 spiro atoms. The predicted molar refractivity (Wildman–Crippen MR) is 146 cm³/mol. The molecule has 0 radical (unpaired) electrons. The highest BCUT2D eigenvalue weighted by molar-refractivity contribution is 5.97. The minimum atomic E-state index is -0.648. The molecule has 40 heavy (non-hydrogen) atoms. The van der Waals surface area contributed by atoms with E-state index in [1.165, 1.54) is 18.2 Å². The van der Waals surface area contributed by atoms with E-state index in [1.807, 2.05) is 0 Å². The molecule has 2 aliphatic rings. The number of nitrogens with one attached hydrogen (secondary N) is 2. The van der Waals surface area contributed by atoms with Crippen LogP contribution in [0, 0.1) is 11.6 Å². The second-order valence-corrected chi connectivity index (χ2v) is 9.69. The van der Waals surface area contributed by atoms with Gasteiger partial charge in [-0.1, -0.05) is 0 Å². The van der Waals surface area contributed by atoms with Gasteiger partial charge in [0.05, 0.1) is 38.2 Å². The van der Waals surface area contributed by atoms with Gasteiger partial charge in [0.2, 0.25) is 5.95 Å². The maximum atomic E-state index is 14.7. The number of hydrogen-bond acceptors (Lipinski definition) is 8. The maximum absolute atomic E-state index is 14.7. The van der Waals surface area contributed by atoms with Crippen LogP contribution in [0.1, 0.15) is 36.0 Å². The molecule has 1 fully saturated rings. The van der Waals surface area contributed by atoms with Gasteiger partial charge in [-0.3, -0.25) is 9.69 Å². The highest BCUT2D eigenvalue weighted by Gasteiger charge is 2.17. The Morgan fingerprint density at radius 3 is 2.50 bits per heavy atom. The molecule has 6 bridgehead atoms. The van der Waals surface area contributed by atoms with Crippen LogP contribution in [0.15, 0.2) is 42.6 Å². The molecule has 1 aromatic heterocycles. The van der Waals surface area contributed by atoms with Gasteiger partial charge in [-0.25, -0.2) is 18.7 Å². The Kier molecular flexibility index (Phi) is 9.35. The molecule has 11 heteroatoms. The molecule has 2 N–H and O–H groups in total. The molecule has 1 amide bonds. The van der Waals surface area contributed by atoms with E-state index >= 15 is 0 Å². The summed E-state index contributed by atoms with van der Waals surface area (Å²) in [5.41, 5.74) is 1.38. The Bertz CT molecular complexity index is 1320. The van der Waals surface area contributed by atoms with E-state index < -0.39 is 11.6 Å². The summed E-state index contributed by atoms with van der Waals surface area (Å²) < 4.78 is 46.1. The van der Waals surface area contributed by atoms with E-state index in [0.29, 0.717) is 55.5 Å². The van der Waals surface area contributed by atoms with Crippen molar-refractivity contribution < 1.29 is 27.8 Å². The molecule has 5 rings (SSSR count). The third kappa shape index (κ3) is 7.22. The Morgan fingerprint density at radius 1 is 0.925 bits per heavy atom. The van der Waals surface area contributed by atoms with Crippen molar-refractivity contribution in [3.05, 3.63) is 59.8 Å². The van der Waals surface area contributed by atoms with Crippen molar-refractivity contribution >= 4 is 17.5 Å². The Morgan fingerprint density at radius 2 is 1.70 bits per heavy atom. The normalized spacial score (nSPS) is 16.4. The minimum absolute atomic E-state index is 0.0104. The van der Waals surface area contributed by atoms with Crippen LogP contribution in [0.3, 0.4) is 0 Å². The number of morpholine rings is 1. The summed E-state index contributed by atoms with van der Waals surface area (Å²) >= 11 is 0. The molecule has 1 saturated heterocycles. The molecule has 0 aliphatic carbocycles. The van der Waals surface area contributed by atoms with E-state index in [-0.39, 0.29) is 23.3 Å². The standard InChI is InChI=1S/C29H33F2N5O4/c30-23-8-5-20-17-26(23)40-14-4-2-1-3-13-39-25-18-21(34-29-33-19-24(31)27(20)35-29)6-7-22(25)28(37)32-9-10-36-11-15-38-16-12-36/h5-8,17-19H,1-4,9-16H2,(H,32,37)(H,33,34,35). The summed E-state index contributed by atoms with van der Waals surface area (Å²) in [6.07, 6.45) is 4.32. The third-order valence-corrected chi connectivity index (χ3v) is 6.80. The number of halogens is 2. The molecule has 0 atom stereocenters. The van der Waals surface area contributed by atoms with Crippen LogP contribution in [-0.2, 0) is 4.74 Å². The maximum Gasteiger partial charge on any atom is 0.255 e. The van der Waals surface area contributed by atoms with Crippen molar-refractivity contribution in [3.63, 3.8) is 0 Å². The molecule has 2 aliphatic heterocycles. The van der Waals surface area contributed by atoms with Crippen molar-refractivity contribution in [2.75, 3.05) is 57.9 Å². The molecule has 9 nitrogen and oxygen atoms in total. The third-order valence-electron chi connectivity index (χ3n) is 6.80. The van der Waals surface area contributed by atoms with Gasteiger partial charge in [0.1, 0.15) is 11.4 Å². The number of nitrogens with zero attached hydrogens (tertiary/aromatic N) is 3. The fourth-order valence-corrected chi connectivity index (χ4v) is 4.60. The summed E-state index contributed by atoms with van der Waals surface area (Å²) in [4.78, 5) is 23.7. The molecule has 0 unspecified atom stereocenters. The second kappa shape index (κ2) is 13.5. The largest absolute Gasteiger partial charge is 0.493 e. The summed E-state index contributed by atoms with van der Waals surface area (Å²) in [7, 11) is 0. The lowest BCUT2D eigenvalue weighted by molar-refractivity contribution is 0.0383. The van der Waals surface area contributed by atoms with E-state index in [4.69, 9.17) is 14.2 Å². The number of aromatic nitrogens is 2. The molecular formula is C29H33F2N5O4. The summed E-state index contributed by atoms with van der Waals surface area (Å²) in [5.74, 6) is -0.760. The molecule has 3 heterocycles. The molecular weight excluding hydrogens is 520 g/mol. The lowest BCUT2D eigenvalue weighted by Crippen LogP contribution is -2.41. The van der Waals surface area contributed by atoms with Crippen molar-refractivity contribution in [1.29, 1.82) is 0 Å². The Labute approximate surface area is 231 Å². The van der Waals surface area contributed by atoms with Crippen LogP contribution < -0.4 is 20.1 Å². The first-order valence-corrected chi connectivity index (χ1v) is 13.6. The zero-order valence-electron chi connectivity index (χ0n) is 22.3. The SMILES string of the molecule is O=C(NCCN1CCOCC1)c1ccc2cc1OCCCCCCOc1cc(ccc1F)-c1nc(ncc1F)N2. The lowest BCUT2D eigenvalue weighted by Gasteiger charge is -2.26. The molecule has 0 saturated carbocycles. The Hall–Kier alpha value is -3.83. The van der Waals surface area contributed by atoms with E-state index in [0.717, 1.165) is 51.5 Å². The van der Waals surface area contributed by atoms with Crippen molar-refractivity contribution in [2.24, 2.45) is 0 Å². The van der Waals surface area contributed by atoms with Gasteiger partial charge >= 0.3 is 0 Å². The number of benzene rings is 2.